The highest BCUT2D eigenvalue weighted by molar-refractivity contribution is 5.80. The number of carbonyl (C=O) groups is 2. The molecule has 17 heavy (non-hydrogen) atoms. The van der Waals surface area contributed by atoms with Crippen LogP contribution >= 0.6 is 0 Å². The van der Waals surface area contributed by atoms with Crippen LogP contribution in [0, 0.1) is 11.8 Å². The Balaban J connectivity index is 1.76. The van der Waals surface area contributed by atoms with E-state index in [4.69, 9.17) is 5.11 Å². The van der Waals surface area contributed by atoms with Crippen molar-refractivity contribution in [1.29, 1.82) is 0 Å². The zero-order valence-corrected chi connectivity index (χ0v) is 10.2. The Morgan fingerprint density at radius 2 is 2.00 bits per heavy atom. The molecule has 2 fully saturated rings. The summed E-state index contributed by atoms with van der Waals surface area (Å²) in [5.74, 6) is 0.316. The van der Waals surface area contributed by atoms with Crippen molar-refractivity contribution in [3.05, 3.63) is 0 Å². The van der Waals surface area contributed by atoms with Gasteiger partial charge in [-0.25, -0.2) is 4.79 Å². The molecule has 0 spiro atoms. The van der Waals surface area contributed by atoms with Gasteiger partial charge in [0.1, 0.15) is 6.54 Å². The van der Waals surface area contributed by atoms with Crippen LogP contribution in [0.25, 0.3) is 0 Å². The molecule has 0 aliphatic heterocycles. The van der Waals surface area contributed by atoms with Gasteiger partial charge in [0.2, 0.25) is 0 Å². The SMILES string of the molecule is CC(CNC(=O)N(CC(=O)O)C1CC1)C1CC1. The quantitative estimate of drug-likeness (QED) is 0.735. The van der Waals surface area contributed by atoms with Crippen molar-refractivity contribution < 1.29 is 14.7 Å². The molecule has 2 amide bonds. The summed E-state index contributed by atoms with van der Waals surface area (Å²) >= 11 is 0. The second kappa shape index (κ2) is 4.94. The molecule has 0 heterocycles. The molecule has 96 valence electrons. The van der Waals surface area contributed by atoms with Crippen molar-refractivity contribution in [2.24, 2.45) is 11.8 Å². The Morgan fingerprint density at radius 3 is 2.47 bits per heavy atom. The number of hydrogen-bond donors (Lipinski definition) is 2. The second-order valence-electron chi connectivity index (χ2n) is 5.25. The van der Waals surface area contributed by atoms with Gasteiger partial charge >= 0.3 is 12.0 Å². The van der Waals surface area contributed by atoms with E-state index >= 15 is 0 Å². The normalized spacial score (nSPS) is 20.8. The molecule has 0 aromatic carbocycles. The van der Waals surface area contributed by atoms with Crippen LogP contribution in [0.15, 0.2) is 0 Å². The van der Waals surface area contributed by atoms with Gasteiger partial charge in [0, 0.05) is 12.6 Å². The van der Waals surface area contributed by atoms with Gasteiger partial charge in [-0.2, -0.15) is 0 Å². The molecule has 0 aromatic heterocycles. The van der Waals surface area contributed by atoms with Crippen LogP contribution in [-0.4, -0.2) is 41.1 Å². The fourth-order valence-corrected chi connectivity index (χ4v) is 2.08. The van der Waals surface area contributed by atoms with Gasteiger partial charge in [-0.1, -0.05) is 6.92 Å². The first-order chi connectivity index (χ1) is 8.08. The third kappa shape index (κ3) is 3.61. The molecule has 2 saturated carbocycles. The van der Waals surface area contributed by atoms with E-state index in [1.54, 1.807) is 0 Å². The lowest BCUT2D eigenvalue weighted by Gasteiger charge is -2.22. The highest BCUT2D eigenvalue weighted by Crippen LogP contribution is 2.36. The van der Waals surface area contributed by atoms with Crippen LogP contribution < -0.4 is 5.32 Å². The maximum Gasteiger partial charge on any atom is 0.323 e. The van der Waals surface area contributed by atoms with E-state index < -0.39 is 5.97 Å². The number of aliphatic carboxylic acids is 1. The van der Waals surface area contributed by atoms with Crippen molar-refractivity contribution >= 4 is 12.0 Å². The summed E-state index contributed by atoms with van der Waals surface area (Å²) in [7, 11) is 0. The van der Waals surface area contributed by atoms with Crippen molar-refractivity contribution in [3.63, 3.8) is 0 Å². The Kier molecular flexibility index (Phi) is 3.54. The first-order valence-electron chi connectivity index (χ1n) is 6.34. The van der Waals surface area contributed by atoms with Crippen LogP contribution in [0.5, 0.6) is 0 Å². The fraction of sp³-hybridized carbons (Fsp3) is 0.833. The van der Waals surface area contributed by atoms with Crippen molar-refractivity contribution in [1.82, 2.24) is 10.2 Å². The lowest BCUT2D eigenvalue weighted by molar-refractivity contribution is -0.137. The van der Waals surface area contributed by atoms with E-state index in [-0.39, 0.29) is 18.6 Å². The molecule has 5 heteroatoms. The van der Waals surface area contributed by atoms with Crippen LogP contribution in [0.4, 0.5) is 4.79 Å². The smallest absolute Gasteiger partial charge is 0.323 e. The zero-order valence-electron chi connectivity index (χ0n) is 10.2. The van der Waals surface area contributed by atoms with Crippen molar-refractivity contribution in [2.75, 3.05) is 13.1 Å². The molecule has 0 aromatic rings. The predicted octanol–water partition coefficient (Wildman–Crippen LogP) is 1.29. The summed E-state index contributed by atoms with van der Waals surface area (Å²) in [6, 6.07) is -0.0790. The molecule has 1 unspecified atom stereocenters. The van der Waals surface area contributed by atoms with E-state index in [0.29, 0.717) is 12.5 Å². The van der Waals surface area contributed by atoms with E-state index in [0.717, 1.165) is 18.8 Å². The number of amides is 2. The summed E-state index contributed by atoms with van der Waals surface area (Å²) in [6.07, 6.45) is 4.38. The Hall–Kier alpha value is -1.26. The first kappa shape index (κ1) is 12.2. The summed E-state index contributed by atoms with van der Waals surface area (Å²) in [5.41, 5.74) is 0. The minimum Gasteiger partial charge on any atom is -0.480 e. The zero-order chi connectivity index (χ0) is 12.4. The van der Waals surface area contributed by atoms with E-state index in [1.165, 1.54) is 17.7 Å². The summed E-state index contributed by atoms with van der Waals surface area (Å²) in [6.45, 7) is 2.61. The lowest BCUT2D eigenvalue weighted by atomic mass is 10.1. The van der Waals surface area contributed by atoms with Gasteiger partial charge in [0.05, 0.1) is 0 Å². The average Bonchev–Trinajstić information content (AvgIpc) is 3.14. The number of carbonyl (C=O) groups excluding carboxylic acids is 1. The Bertz CT molecular complexity index is 311. The third-order valence-corrected chi connectivity index (χ3v) is 3.56. The number of hydrogen-bond acceptors (Lipinski definition) is 2. The molecule has 2 aliphatic carbocycles. The summed E-state index contributed by atoms with van der Waals surface area (Å²) in [5, 5.41) is 11.6. The van der Waals surface area contributed by atoms with Gasteiger partial charge in [-0.15, -0.1) is 0 Å². The third-order valence-electron chi connectivity index (χ3n) is 3.56. The monoisotopic (exact) mass is 240 g/mol. The molecule has 5 nitrogen and oxygen atoms in total. The summed E-state index contributed by atoms with van der Waals surface area (Å²) in [4.78, 5) is 24.0. The van der Waals surface area contributed by atoms with Crippen molar-refractivity contribution in [2.45, 2.75) is 38.6 Å². The number of carboxylic acid groups (broad SMARTS) is 1. The van der Waals surface area contributed by atoms with Gasteiger partial charge in [-0.05, 0) is 37.5 Å². The number of nitrogens with zero attached hydrogens (tertiary/aromatic N) is 1. The molecule has 0 radical (unpaired) electrons. The van der Waals surface area contributed by atoms with Crippen molar-refractivity contribution in [3.8, 4) is 0 Å². The predicted molar refractivity (Wildman–Crippen MR) is 62.7 cm³/mol. The fourth-order valence-electron chi connectivity index (χ4n) is 2.08. The van der Waals surface area contributed by atoms with Gasteiger partial charge in [0.15, 0.2) is 0 Å². The van der Waals surface area contributed by atoms with Gasteiger partial charge < -0.3 is 15.3 Å². The minimum absolute atomic E-state index is 0.141. The maximum atomic E-state index is 11.9. The van der Waals surface area contributed by atoms with Gasteiger partial charge in [0.25, 0.3) is 0 Å². The second-order valence-corrected chi connectivity index (χ2v) is 5.25. The molecular weight excluding hydrogens is 220 g/mol. The Morgan fingerprint density at radius 1 is 1.35 bits per heavy atom. The number of carboxylic acids is 1. The Labute approximate surface area is 101 Å². The van der Waals surface area contributed by atoms with Gasteiger partial charge in [-0.3, -0.25) is 4.79 Å². The average molecular weight is 240 g/mol. The summed E-state index contributed by atoms with van der Waals surface area (Å²) < 4.78 is 0. The first-order valence-corrected chi connectivity index (χ1v) is 6.34. The molecule has 0 bridgehead atoms. The number of nitrogens with one attached hydrogen (secondary N) is 1. The molecule has 2 rings (SSSR count). The van der Waals surface area contributed by atoms with Crippen LogP contribution in [0.1, 0.15) is 32.6 Å². The molecular formula is C12H20N2O3. The topological polar surface area (TPSA) is 69.6 Å². The lowest BCUT2D eigenvalue weighted by Crippen LogP contribution is -2.45. The molecule has 2 N–H and O–H groups in total. The molecule has 0 saturated heterocycles. The highest BCUT2D eigenvalue weighted by Gasteiger charge is 2.34. The van der Waals surface area contributed by atoms with Crippen LogP contribution in [-0.2, 0) is 4.79 Å². The molecule has 1 atom stereocenters. The van der Waals surface area contributed by atoms with E-state index in [2.05, 4.69) is 12.2 Å². The number of urea groups is 1. The minimum atomic E-state index is -0.942. The van der Waals surface area contributed by atoms with Crippen LogP contribution in [0.3, 0.4) is 0 Å². The largest absolute Gasteiger partial charge is 0.480 e. The standard InChI is InChI=1S/C12H20N2O3/c1-8(9-2-3-9)6-13-12(17)14(7-11(15)16)10-4-5-10/h8-10H,2-7H2,1H3,(H,13,17)(H,15,16). The van der Waals surface area contributed by atoms with E-state index in [1.807, 2.05) is 0 Å². The highest BCUT2D eigenvalue weighted by atomic mass is 16.4. The number of rotatable bonds is 6. The van der Waals surface area contributed by atoms with Crippen LogP contribution in [0.2, 0.25) is 0 Å². The maximum absolute atomic E-state index is 11.9. The van der Waals surface area contributed by atoms with E-state index in [9.17, 15) is 9.59 Å². The molecule has 2 aliphatic rings.